The van der Waals surface area contributed by atoms with E-state index >= 15 is 0 Å². The van der Waals surface area contributed by atoms with E-state index < -0.39 is 5.60 Å². The molecule has 0 saturated heterocycles. The molecule has 1 unspecified atom stereocenters. The van der Waals surface area contributed by atoms with Crippen molar-refractivity contribution in [1.82, 2.24) is 0 Å². The second kappa shape index (κ2) is 4.73. The average molecular weight is 212 g/mol. The van der Waals surface area contributed by atoms with Gasteiger partial charge in [0.05, 0.1) is 5.60 Å². The molecular formula is C12H17FO2. The molecule has 0 fully saturated rings. The van der Waals surface area contributed by atoms with Crippen LogP contribution >= 0.6 is 0 Å². The monoisotopic (exact) mass is 212 g/mol. The summed E-state index contributed by atoms with van der Waals surface area (Å²) >= 11 is 0. The van der Waals surface area contributed by atoms with Crippen molar-refractivity contribution in [3.05, 3.63) is 35.1 Å². The minimum atomic E-state index is -1.04. The minimum Gasteiger partial charge on any atom is -0.385 e. The summed E-state index contributed by atoms with van der Waals surface area (Å²) in [5.41, 5.74) is 0.472. The van der Waals surface area contributed by atoms with Crippen LogP contribution in [0, 0.1) is 12.7 Å². The third kappa shape index (κ3) is 3.01. The van der Waals surface area contributed by atoms with Gasteiger partial charge in [-0.2, -0.15) is 0 Å². The number of methoxy groups -OCH3 is 1. The van der Waals surface area contributed by atoms with Crippen LogP contribution in [-0.4, -0.2) is 18.8 Å². The summed E-state index contributed by atoms with van der Waals surface area (Å²) in [4.78, 5) is 0. The number of aliphatic hydroxyl groups is 1. The summed E-state index contributed by atoms with van der Waals surface area (Å²) in [6.45, 7) is 3.98. The van der Waals surface area contributed by atoms with Crippen molar-refractivity contribution in [1.29, 1.82) is 0 Å². The van der Waals surface area contributed by atoms with Crippen LogP contribution < -0.4 is 0 Å². The molecule has 84 valence electrons. The summed E-state index contributed by atoms with van der Waals surface area (Å²) in [6.07, 6.45) is 0.452. The van der Waals surface area contributed by atoms with Gasteiger partial charge in [-0.3, -0.25) is 0 Å². The fourth-order valence-corrected chi connectivity index (χ4v) is 1.61. The lowest BCUT2D eigenvalue weighted by molar-refractivity contribution is 0.0203. The van der Waals surface area contributed by atoms with Gasteiger partial charge in [-0.1, -0.05) is 6.07 Å². The Balaban J connectivity index is 2.97. The molecule has 0 aliphatic rings. The van der Waals surface area contributed by atoms with Gasteiger partial charge in [0.15, 0.2) is 0 Å². The Bertz CT molecular complexity index is 334. The standard InChI is InChI=1S/C12H17FO2/c1-9-4-5-10(13)8-11(9)12(2,14)6-7-15-3/h4-5,8,14H,6-7H2,1-3H3. The van der Waals surface area contributed by atoms with Gasteiger partial charge < -0.3 is 9.84 Å². The number of hydrogen-bond donors (Lipinski definition) is 1. The maximum atomic E-state index is 13.1. The summed E-state index contributed by atoms with van der Waals surface area (Å²) < 4.78 is 18.0. The van der Waals surface area contributed by atoms with E-state index in [0.717, 1.165) is 5.56 Å². The molecule has 0 amide bonds. The number of halogens is 1. The molecule has 0 aromatic heterocycles. The first-order valence-corrected chi connectivity index (χ1v) is 4.95. The average Bonchev–Trinajstić information content (AvgIpc) is 2.18. The second-order valence-corrected chi connectivity index (χ2v) is 3.98. The lowest BCUT2D eigenvalue weighted by atomic mass is 9.89. The summed E-state index contributed by atoms with van der Waals surface area (Å²) in [5, 5.41) is 10.2. The topological polar surface area (TPSA) is 29.5 Å². The first-order valence-electron chi connectivity index (χ1n) is 4.95. The van der Waals surface area contributed by atoms with E-state index in [4.69, 9.17) is 4.74 Å². The number of rotatable bonds is 4. The molecule has 1 rings (SSSR count). The van der Waals surface area contributed by atoms with E-state index in [1.54, 1.807) is 20.1 Å². The van der Waals surface area contributed by atoms with Gasteiger partial charge in [-0.05, 0) is 37.1 Å². The lowest BCUT2D eigenvalue weighted by Gasteiger charge is -2.25. The zero-order chi connectivity index (χ0) is 11.5. The van der Waals surface area contributed by atoms with Crippen LogP contribution in [0.5, 0.6) is 0 Å². The number of benzene rings is 1. The van der Waals surface area contributed by atoms with Gasteiger partial charge in [0, 0.05) is 20.1 Å². The van der Waals surface area contributed by atoms with Gasteiger partial charge in [0.1, 0.15) is 5.82 Å². The largest absolute Gasteiger partial charge is 0.385 e. The number of hydrogen-bond acceptors (Lipinski definition) is 2. The van der Waals surface area contributed by atoms with E-state index in [9.17, 15) is 9.50 Å². The molecule has 0 saturated carbocycles. The van der Waals surface area contributed by atoms with Crippen molar-refractivity contribution >= 4 is 0 Å². The van der Waals surface area contributed by atoms with E-state index in [0.29, 0.717) is 18.6 Å². The number of ether oxygens (including phenoxy) is 1. The highest BCUT2D eigenvalue weighted by Gasteiger charge is 2.24. The van der Waals surface area contributed by atoms with Gasteiger partial charge in [-0.15, -0.1) is 0 Å². The van der Waals surface area contributed by atoms with Crippen molar-refractivity contribution in [2.45, 2.75) is 25.9 Å². The first-order chi connectivity index (χ1) is 6.97. The molecule has 0 bridgehead atoms. The van der Waals surface area contributed by atoms with E-state index in [1.165, 1.54) is 12.1 Å². The van der Waals surface area contributed by atoms with Crippen molar-refractivity contribution in [3.8, 4) is 0 Å². The highest BCUT2D eigenvalue weighted by Crippen LogP contribution is 2.27. The maximum Gasteiger partial charge on any atom is 0.123 e. The number of aryl methyl sites for hydroxylation is 1. The first kappa shape index (κ1) is 12.1. The Morgan fingerprint density at radius 1 is 1.47 bits per heavy atom. The molecule has 1 aromatic carbocycles. The SMILES string of the molecule is COCCC(C)(O)c1cc(F)ccc1C. The van der Waals surface area contributed by atoms with Crippen molar-refractivity contribution in [2.75, 3.05) is 13.7 Å². The molecular weight excluding hydrogens is 195 g/mol. The van der Waals surface area contributed by atoms with Gasteiger partial charge >= 0.3 is 0 Å². The van der Waals surface area contributed by atoms with E-state index in [-0.39, 0.29) is 5.82 Å². The Hall–Kier alpha value is -0.930. The normalized spacial score (nSPS) is 15.0. The smallest absolute Gasteiger partial charge is 0.123 e. The molecule has 0 aliphatic heterocycles. The second-order valence-electron chi connectivity index (χ2n) is 3.98. The molecule has 0 heterocycles. The molecule has 15 heavy (non-hydrogen) atoms. The predicted octanol–water partition coefficient (Wildman–Crippen LogP) is 2.38. The molecule has 0 spiro atoms. The molecule has 1 atom stereocenters. The van der Waals surface area contributed by atoms with Crippen LogP contribution in [0.2, 0.25) is 0 Å². The fraction of sp³-hybridized carbons (Fsp3) is 0.500. The van der Waals surface area contributed by atoms with Crippen molar-refractivity contribution in [3.63, 3.8) is 0 Å². The molecule has 3 heteroatoms. The van der Waals surface area contributed by atoms with Crippen LogP contribution in [0.4, 0.5) is 4.39 Å². The van der Waals surface area contributed by atoms with Crippen LogP contribution in [0.1, 0.15) is 24.5 Å². The Kier molecular flexibility index (Phi) is 3.83. The molecule has 0 aliphatic carbocycles. The molecule has 1 aromatic rings. The van der Waals surface area contributed by atoms with E-state index in [1.807, 2.05) is 6.92 Å². The molecule has 1 N–H and O–H groups in total. The van der Waals surface area contributed by atoms with E-state index in [2.05, 4.69) is 0 Å². The van der Waals surface area contributed by atoms with Gasteiger partial charge in [-0.25, -0.2) is 4.39 Å². The third-order valence-electron chi connectivity index (χ3n) is 2.57. The third-order valence-corrected chi connectivity index (χ3v) is 2.57. The van der Waals surface area contributed by atoms with Crippen LogP contribution in [-0.2, 0) is 10.3 Å². The van der Waals surface area contributed by atoms with Gasteiger partial charge in [0.25, 0.3) is 0 Å². The summed E-state index contributed by atoms with van der Waals surface area (Å²) in [6, 6.07) is 4.45. The highest BCUT2D eigenvalue weighted by atomic mass is 19.1. The Morgan fingerprint density at radius 2 is 2.13 bits per heavy atom. The highest BCUT2D eigenvalue weighted by molar-refractivity contribution is 5.31. The van der Waals surface area contributed by atoms with Crippen LogP contribution in [0.15, 0.2) is 18.2 Å². The quantitative estimate of drug-likeness (QED) is 0.830. The minimum absolute atomic E-state index is 0.326. The zero-order valence-electron chi connectivity index (χ0n) is 9.38. The van der Waals surface area contributed by atoms with Crippen LogP contribution in [0.3, 0.4) is 0 Å². The Morgan fingerprint density at radius 3 is 2.73 bits per heavy atom. The summed E-state index contributed by atoms with van der Waals surface area (Å²) in [5.74, 6) is -0.326. The van der Waals surface area contributed by atoms with Gasteiger partial charge in [0.2, 0.25) is 0 Å². The molecule has 2 nitrogen and oxygen atoms in total. The summed E-state index contributed by atoms with van der Waals surface area (Å²) in [7, 11) is 1.58. The maximum absolute atomic E-state index is 13.1. The van der Waals surface area contributed by atoms with Crippen molar-refractivity contribution < 1.29 is 14.2 Å². The lowest BCUT2D eigenvalue weighted by Crippen LogP contribution is -2.24. The van der Waals surface area contributed by atoms with Crippen LogP contribution in [0.25, 0.3) is 0 Å². The molecule has 0 radical (unpaired) electrons. The predicted molar refractivity (Wildman–Crippen MR) is 57.2 cm³/mol. The fourth-order valence-electron chi connectivity index (χ4n) is 1.61. The van der Waals surface area contributed by atoms with Crippen molar-refractivity contribution in [2.24, 2.45) is 0 Å². The Labute approximate surface area is 89.7 Å². The zero-order valence-corrected chi connectivity index (χ0v) is 9.38.